The van der Waals surface area contributed by atoms with Crippen molar-refractivity contribution in [1.82, 2.24) is 10.6 Å². The summed E-state index contributed by atoms with van der Waals surface area (Å²) in [6.45, 7) is 4.02. The van der Waals surface area contributed by atoms with Crippen LogP contribution in [0.4, 0.5) is 0 Å². The second-order valence-corrected chi connectivity index (χ2v) is 3.92. The van der Waals surface area contributed by atoms with E-state index >= 15 is 0 Å². The van der Waals surface area contributed by atoms with Crippen molar-refractivity contribution in [3.05, 3.63) is 29.8 Å². The summed E-state index contributed by atoms with van der Waals surface area (Å²) in [7, 11) is 1.67. The SMILES string of the molecule is C#CCNC(=NCCc1cccc(OC)c1)NCC.I. The number of aliphatic imine (C=N–C) groups is 1. The Morgan fingerprint density at radius 2 is 2.20 bits per heavy atom. The van der Waals surface area contributed by atoms with Crippen molar-refractivity contribution >= 4 is 29.9 Å². The average molecular weight is 387 g/mol. The van der Waals surface area contributed by atoms with Crippen LogP contribution >= 0.6 is 24.0 Å². The molecule has 0 aliphatic carbocycles. The zero-order valence-electron chi connectivity index (χ0n) is 12.0. The number of nitrogens with zero attached hydrogens (tertiary/aromatic N) is 1. The van der Waals surface area contributed by atoms with E-state index in [0.29, 0.717) is 13.1 Å². The lowest BCUT2D eigenvalue weighted by Gasteiger charge is -2.09. The number of hydrogen-bond acceptors (Lipinski definition) is 2. The van der Waals surface area contributed by atoms with Crippen molar-refractivity contribution in [3.63, 3.8) is 0 Å². The molecule has 0 atom stereocenters. The molecule has 0 bridgehead atoms. The van der Waals surface area contributed by atoms with Gasteiger partial charge in [-0.25, -0.2) is 0 Å². The van der Waals surface area contributed by atoms with E-state index in [-0.39, 0.29) is 24.0 Å². The van der Waals surface area contributed by atoms with Crippen molar-refractivity contribution in [2.24, 2.45) is 4.99 Å². The summed E-state index contributed by atoms with van der Waals surface area (Å²) in [6.07, 6.45) is 6.08. The van der Waals surface area contributed by atoms with Gasteiger partial charge in [-0.1, -0.05) is 18.1 Å². The van der Waals surface area contributed by atoms with Crippen molar-refractivity contribution < 1.29 is 4.74 Å². The third-order valence-electron chi connectivity index (χ3n) is 2.51. The van der Waals surface area contributed by atoms with E-state index in [2.05, 4.69) is 27.6 Å². The van der Waals surface area contributed by atoms with Crippen LogP contribution in [0.3, 0.4) is 0 Å². The highest BCUT2D eigenvalue weighted by Gasteiger charge is 1.97. The van der Waals surface area contributed by atoms with Crippen LogP contribution in [0.2, 0.25) is 0 Å². The number of ether oxygens (including phenoxy) is 1. The minimum atomic E-state index is 0. The standard InChI is InChI=1S/C15H21N3O.HI/c1-4-10-17-15(16-5-2)18-11-9-13-7-6-8-14(12-13)19-3;/h1,6-8,12H,5,9-11H2,2-3H3,(H2,16,17,18);1H. The van der Waals surface area contributed by atoms with Crippen LogP contribution < -0.4 is 15.4 Å². The van der Waals surface area contributed by atoms with E-state index < -0.39 is 0 Å². The minimum absolute atomic E-state index is 0. The molecule has 0 aromatic heterocycles. The van der Waals surface area contributed by atoms with Crippen LogP contribution in [-0.4, -0.2) is 32.7 Å². The molecule has 0 aliphatic heterocycles. The van der Waals surface area contributed by atoms with E-state index in [1.807, 2.05) is 25.1 Å². The lowest BCUT2D eigenvalue weighted by Crippen LogP contribution is -2.37. The summed E-state index contributed by atoms with van der Waals surface area (Å²) in [6, 6.07) is 8.02. The fourth-order valence-corrected chi connectivity index (χ4v) is 1.60. The number of terminal acetylenes is 1. The summed E-state index contributed by atoms with van der Waals surface area (Å²) in [5, 5.41) is 6.20. The second kappa shape index (κ2) is 11.4. The highest BCUT2D eigenvalue weighted by atomic mass is 127. The smallest absolute Gasteiger partial charge is 0.192 e. The number of halogens is 1. The van der Waals surface area contributed by atoms with E-state index in [4.69, 9.17) is 11.2 Å². The molecule has 1 aromatic carbocycles. The zero-order valence-corrected chi connectivity index (χ0v) is 14.3. The van der Waals surface area contributed by atoms with Crippen LogP contribution in [0.5, 0.6) is 5.75 Å². The van der Waals surface area contributed by atoms with Gasteiger partial charge in [-0.3, -0.25) is 4.99 Å². The first-order chi connectivity index (χ1) is 9.30. The summed E-state index contributed by atoms with van der Waals surface area (Å²) in [4.78, 5) is 4.46. The van der Waals surface area contributed by atoms with Gasteiger partial charge < -0.3 is 15.4 Å². The highest BCUT2D eigenvalue weighted by Crippen LogP contribution is 2.12. The van der Waals surface area contributed by atoms with Gasteiger partial charge in [0.1, 0.15) is 5.75 Å². The minimum Gasteiger partial charge on any atom is -0.497 e. The number of nitrogens with one attached hydrogen (secondary N) is 2. The molecular weight excluding hydrogens is 365 g/mol. The maximum absolute atomic E-state index is 5.22. The van der Waals surface area contributed by atoms with Crippen LogP contribution in [0.15, 0.2) is 29.3 Å². The maximum atomic E-state index is 5.22. The fourth-order valence-electron chi connectivity index (χ4n) is 1.60. The number of methoxy groups -OCH3 is 1. The fraction of sp³-hybridized carbons (Fsp3) is 0.400. The Labute approximate surface area is 138 Å². The van der Waals surface area contributed by atoms with Gasteiger partial charge in [0.2, 0.25) is 0 Å². The first-order valence-electron chi connectivity index (χ1n) is 6.38. The molecule has 0 heterocycles. The summed E-state index contributed by atoms with van der Waals surface area (Å²) >= 11 is 0. The predicted octanol–water partition coefficient (Wildman–Crippen LogP) is 2.04. The third kappa shape index (κ3) is 7.24. The monoisotopic (exact) mass is 387 g/mol. The van der Waals surface area contributed by atoms with Crippen LogP contribution in [0.1, 0.15) is 12.5 Å². The summed E-state index contributed by atoms with van der Waals surface area (Å²) in [5.74, 6) is 4.16. The molecule has 110 valence electrons. The van der Waals surface area contributed by atoms with Crippen LogP contribution in [-0.2, 0) is 6.42 Å². The number of guanidine groups is 1. The second-order valence-electron chi connectivity index (χ2n) is 3.92. The van der Waals surface area contributed by atoms with Crippen molar-refractivity contribution in [3.8, 4) is 18.1 Å². The largest absolute Gasteiger partial charge is 0.497 e. The number of hydrogen-bond donors (Lipinski definition) is 2. The molecule has 0 saturated carbocycles. The van der Waals surface area contributed by atoms with E-state index in [9.17, 15) is 0 Å². The average Bonchev–Trinajstić information content (AvgIpc) is 2.45. The third-order valence-corrected chi connectivity index (χ3v) is 2.51. The molecule has 5 heteroatoms. The van der Waals surface area contributed by atoms with E-state index in [0.717, 1.165) is 24.7 Å². The Morgan fingerprint density at radius 1 is 1.40 bits per heavy atom. The normalized spacial score (nSPS) is 10.2. The maximum Gasteiger partial charge on any atom is 0.192 e. The molecule has 1 aromatic rings. The molecule has 0 aliphatic rings. The first kappa shape index (κ1) is 18.6. The summed E-state index contributed by atoms with van der Waals surface area (Å²) < 4.78 is 5.19. The van der Waals surface area contributed by atoms with Crippen molar-refractivity contribution in [1.29, 1.82) is 0 Å². The van der Waals surface area contributed by atoms with E-state index in [1.165, 1.54) is 5.56 Å². The Hall–Kier alpha value is -1.42. The number of rotatable bonds is 6. The van der Waals surface area contributed by atoms with Gasteiger partial charge >= 0.3 is 0 Å². The Bertz CT molecular complexity index is 455. The Kier molecular flexibility index (Phi) is 10.6. The molecule has 0 unspecified atom stereocenters. The lowest BCUT2D eigenvalue weighted by molar-refractivity contribution is 0.414. The highest BCUT2D eigenvalue weighted by molar-refractivity contribution is 14.0. The van der Waals surface area contributed by atoms with E-state index in [1.54, 1.807) is 7.11 Å². The molecule has 0 amide bonds. The van der Waals surface area contributed by atoms with Gasteiger partial charge in [-0.2, -0.15) is 0 Å². The van der Waals surface area contributed by atoms with Gasteiger partial charge in [0.05, 0.1) is 13.7 Å². The molecule has 20 heavy (non-hydrogen) atoms. The van der Waals surface area contributed by atoms with Crippen LogP contribution in [0.25, 0.3) is 0 Å². The molecule has 4 nitrogen and oxygen atoms in total. The molecule has 0 radical (unpaired) electrons. The van der Waals surface area contributed by atoms with Crippen molar-refractivity contribution in [2.75, 3.05) is 26.7 Å². The molecule has 1 rings (SSSR count). The molecule has 0 fully saturated rings. The van der Waals surface area contributed by atoms with Gasteiger partial charge in [-0.15, -0.1) is 30.4 Å². The molecular formula is C15H22IN3O. The number of benzene rings is 1. The van der Waals surface area contributed by atoms with Gasteiger partial charge in [0, 0.05) is 13.1 Å². The quantitative estimate of drug-likeness (QED) is 0.340. The molecule has 0 spiro atoms. The van der Waals surface area contributed by atoms with Gasteiger partial charge in [0.25, 0.3) is 0 Å². The lowest BCUT2D eigenvalue weighted by atomic mass is 10.1. The molecule has 2 N–H and O–H groups in total. The molecule has 0 saturated heterocycles. The Balaban J connectivity index is 0.00000361. The summed E-state index contributed by atoms with van der Waals surface area (Å²) in [5.41, 5.74) is 1.20. The van der Waals surface area contributed by atoms with Crippen LogP contribution in [0, 0.1) is 12.3 Å². The topological polar surface area (TPSA) is 45.7 Å². The zero-order chi connectivity index (χ0) is 13.9. The first-order valence-corrected chi connectivity index (χ1v) is 6.38. The predicted molar refractivity (Wildman–Crippen MR) is 94.9 cm³/mol. The van der Waals surface area contributed by atoms with Gasteiger partial charge in [-0.05, 0) is 31.0 Å². The van der Waals surface area contributed by atoms with Gasteiger partial charge in [0.15, 0.2) is 5.96 Å². The van der Waals surface area contributed by atoms with Crippen molar-refractivity contribution in [2.45, 2.75) is 13.3 Å². The Morgan fingerprint density at radius 3 is 2.85 bits per heavy atom.